The molecule has 1 atom stereocenters. The maximum atomic E-state index is 12.7. The van der Waals surface area contributed by atoms with Gasteiger partial charge in [0.2, 0.25) is 10.0 Å². The average Bonchev–Trinajstić information content (AvgIpc) is 2.36. The SMILES string of the molecule is CCCC(CN)NS(=O)(=O)c1ccc(Cl)c(C(F)(F)F)c1. The van der Waals surface area contributed by atoms with Crippen molar-refractivity contribution >= 4 is 21.6 Å². The minimum absolute atomic E-state index is 0.0623. The van der Waals surface area contributed by atoms with E-state index in [1.165, 1.54) is 0 Å². The third-order valence-electron chi connectivity index (χ3n) is 2.80. The fourth-order valence-electron chi connectivity index (χ4n) is 1.75. The second kappa shape index (κ2) is 6.95. The molecule has 0 aliphatic rings. The Bertz CT molecular complexity index is 591. The largest absolute Gasteiger partial charge is 0.417 e. The summed E-state index contributed by atoms with van der Waals surface area (Å²) in [6.45, 7) is 1.91. The summed E-state index contributed by atoms with van der Waals surface area (Å²) in [6, 6.07) is 1.94. The Morgan fingerprint density at radius 2 is 2.00 bits per heavy atom. The summed E-state index contributed by atoms with van der Waals surface area (Å²) in [5, 5.41) is -0.551. The van der Waals surface area contributed by atoms with E-state index in [2.05, 4.69) is 4.72 Å². The minimum atomic E-state index is -4.72. The lowest BCUT2D eigenvalue weighted by Crippen LogP contribution is -2.40. The molecule has 21 heavy (non-hydrogen) atoms. The van der Waals surface area contributed by atoms with Gasteiger partial charge in [0.05, 0.1) is 15.5 Å². The van der Waals surface area contributed by atoms with E-state index in [1.807, 2.05) is 6.92 Å². The Labute approximate surface area is 126 Å². The Kier molecular flexibility index (Phi) is 6.03. The minimum Gasteiger partial charge on any atom is -0.329 e. The molecule has 120 valence electrons. The first kappa shape index (κ1) is 18.2. The van der Waals surface area contributed by atoms with E-state index in [-0.39, 0.29) is 6.54 Å². The van der Waals surface area contributed by atoms with Gasteiger partial charge in [-0.15, -0.1) is 0 Å². The van der Waals surface area contributed by atoms with Crippen molar-refractivity contribution in [1.82, 2.24) is 4.72 Å². The lowest BCUT2D eigenvalue weighted by Gasteiger charge is -2.17. The quantitative estimate of drug-likeness (QED) is 0.833. The van der Waals surface area contributed by atoms with Crippen LogP contribution in [0.1, 0.15) is 25.3 Å². The van der Waals surface area contributed by atoms with Crippen LogP contribution in [-0.2, 0) is 16.2 Å². The molecule has 9 heteroatoms. The van der Waals surface area contributed by atoms with Gasteiger partial charge >= 0.3 is 6.18 Å². The normalized spacial score (nSPS) is 14.2. The van der Waals surface area contributed by atoms with E-state index in [9.17, 15) is 21.6 Å². The number of sulfonamides is 1. The first-order chi connectivity index (χ1) is 9.61. The molecule has 1 aromatic rings. The van der Waals surface area contributed by atoms with Crippen LogP contribution in [0.3, 0.4) is 0 Å². The first-order valence-corrected chi connectivity index (χ1v) is 8.07. The maximum absolute atomic E-state index is 12.7. The van der Waals surface area contributed by atoms with Gasteiger partial charge in [0.25, 0.3) is 0 Å². The van der Waals surface area contributed by atoms with E-state index in [0.29, 0.717) is 18.9 Å². The van der Waals surface area contributed by atoms with Gasteiger partial charge in [0, 0.05) is 12.6 Å². The molecule has 0 saturated carbocycles. The number of alkyl halides is 3. The molecule has 1 unspecified atom stereocenters. The van der Waals surface area contributed by atoms with Crippen LogP contribution in [0.5, 0.6) is 0 Å². The Balaban J connectivity index is 3.15. The highest BCUT2D eigenvalue weighted by Gasteiger charge is 2.34. The van der Waals surface area contributed by atoms with Crippen molar-refractivity contribution in [1.29, 1.82) is 0 Å². The molecule has 0 saturated heterocycles. The Morgan fingerprint density at radius 3 is 2.48 bits per heavy atom. The van der Waals surface area contributed by atoms with Crippen LogP contribution in [-0.4, -0.2) is 21.0 Å². The predicted molar refractivity (Wildman–Crippen MR) is 74.5 cm³/mol. The second-order valence-electron chi connectivity index (χ2n) is 4.48. The molecule has 0 aromatic heterocycles. The Morgan fingerprint density at radius 1 is 1.38 bits per heavy atom. The van der Waals surface area contributed by atoms with Crippen LogP contribution >= 0.6 is 11.6 Å². The molecule has 0 heterocycles. The van der Waals surface area contributed by atoms with Gasteiger partial charge in [-0.3, -0.25) is 0 Å². The average molecular weight is 345 g/mol. The summed E-state index contributed by atoms with van der Waals surface area (Å²) >= 11 is 5.46. The van der Waals surface area contributed by atoms with Crippen molar-refractivity contribution in [3.8, 4) is 0 Å². The molecule has 4 nitrogen and oxygen atoms in total. The van der Waals surface area contributed by atoms with E-state index >= 15 is 0 Å². The number of benzene rings is 1. The van der Waals surface area contributed by atoms with E-state index in [0.717, 1.165) is 12.1 Å². The molecule has 0 aliphatic carbocycles. The number of nitrogens with one attached hydrogen (secondary N) is 1. The monoisotopic (exact) mass is 344 g/mol. The molecule has 0 fully saturated rings. The first-order valence-electron chi connectivity index (χ1n) is 6.21. The second-order valence-corrected chi connectivity index (χ2v) is 6.60. The highest BCUT2D eigenvalue weighted by molar-refractivity contribution is 7.89. The van der Waals surface area contributed by atoms with Gasteiger partial charge < -0.3 is 5.73 Å². The van der Waals surface area contributed by atoms with Crippen LogP contribution in [0.25, 0.3) is 0 Å². The molecule has 1 aromatic carbocycles. The molecule has 0 radical (unpaired) electrons. The summed E-state index contributed by atoms with van der Waals surface area (Å²) in [5.41, 5.74) is 4.25. The van der Waals surface area contributed by atoms with Gasteiger partial charge in [-0.2, -0.15) is 13.2 Å². The van der Waals surface area contributed by atoms with Crippen molar-refractivity contribution < 1.29 is 21.6 Å². The topological polar surface area (TPSA) is 72.2 Å². The van der Waals surface area contributed by atoms with Crippen LogP contribution in [0.4, 0.5) is 13.2 Å². The van der Waals surface area contributed by atoms with Gasteiger partial charge in [0.1, 0.15) is 0 Å². The highest BCUT2D eigenvalue weighted by Crippen LogP contribution is 2.35. The number of halogens is 4. The zero-order valence-corrected chi connectivity index (χ0v) is 12.8. The van der Waals surface area contributed by atoms with Crippen molar-refractivity contribution in [2.24, 2.45) is 5.73 Å². The molecular formula is C12H16ClF3N2O2S. The third kappa shape index (κ3) is 4.84. The molecule has 1 rings (SSSR count). The molecular weight excluding hydrogens is 329 g/mol. The van der Waals surface area contributed by atoms with Crippen LogP contribution in [0, 0.1) is 0 Å². The number of nitrogens with two attached hydrogens (primary N) is 1. The zero-order chi connectivity index (χ0) is 16.3. The number of hydrogen-bond acceptors (Lipinski definition) is 3. The van der Waals surface area contributed by atoms with Gasteiger partial charge in [-0.1, -0.05) is 24.9 Å². The highest BCUT2D eigenvalue weighted by atomic mass is 35.5. The van der Waals surface area contributed by atoms with Crippen LogP contribution in [0.2, 0.25) is 5.02 Å². The number of rotatable bonds is 6. The van der Waals surface area contributed by atoms with Crippen molar-refractivity contribution in [3.05, 3.63) is 28.8 Å². The summed E-state index contributed by atoms with van der Waals surface area (Å²) in [5.74, 6) is 0. The van der Waals surface area contributed by atoms with Crippen LogP contribution < -0.4 is 10.5 Å². The summed E-state index contributed by atoms with van der Waals surface area (Å²) < 4.78 is 64.7. The smallest absolute Gasteiger partial charge is 0.329 e. The predicted octanol–water partition coefficient (Wildman–Crippen LogP) is 2.76. The van der Waals surface area contributed by atoms with Gasteiger partial charge in [-0.05, 0) is 24.6 Å². The van der Waals surface area contributed by atoms with Crippen molar-refractivity contribution in [2.75, 3.05) is 6.54 Å². The number of hydrogen-bond donors (Lipinski definition) is 2. The maximum Gasteiger partial charge on any atom is 0.417 e. The van der Waals surface area contributed by atoms with E-state index < -0.39 is 37.7 Å². The fraction of sp³-hybridized carbons (Fsp3) is 0.500. The lowest BCUT2D eigenvalue weighted by atomic mass is 10.2. The standard InChI is InChI=1S/C12H16ClF3N2O2S/c1-2-3-8(7-17)18-21(19,20)9-4-5-11(13)10(6-9)12(14,15)16/h4-6,8,18H,2-3,7,17H2,1H3. The zero-order valence-electron chi connectivity index (χ0n) is 11.2. The summed E-state index contributed by atoms with van der Waals surface area (Å²) in [6.07, 6.45) is -3.53. The van der Waals surface area contributed by atoms with Gasteiger partial charge in [0.15, 0.2) is 0 Å². The third-order valence-corrected chi connectivity index (χ3v) is 4.64. The van der Waals surface area contributed by atoms with Crippen molar-refractivity contribution in [2.45, 2.75) is 36.9 Å². The van der Waals surface area contributed by atoms with E-state index in [4.69, 9.17) is 17.3 Å². The molecule has 0 spiro atoms. The fourth-order valence-corrected chi connectivity index (χ4v) is 3.28. The molecule has 3 N–H and O–H groups in total. The molecule has 0 amide bonds. The molecule has 0 aliphatic heterocycles. The van der Waals surface area contributed by atoms with Gasteiger partial charge in [-0.25, -0.2) is 13.1 Å². The van der Waals surface area contributed by atoms with Crippen LogP contribution in [0.15, 0.2) is 23.1 Å². The Hall–Kier alpha value is -0.830. The summed E-state index contributed by atoms with van der Waals surface area (Å²) in [7, 11) is -4.08. The van der Waals surface area contributed by atoms with E-state index in [1.54, 1.807) is 0 Å². The van der Waals surface area contributed by atoms with Crippen molar-refractivity contribution in [3.63, 3.8) is 0 Å². The lowest BCUT2D eigenvalue weighted by molar-refractivity contribution is -0.137. The molecule has 0 bridgehead atoms. The summed E-state index contributed by atoms with van der Waals surface area (Å²) in [4.78, 5) is -0.492.